The van der Waals surface area contributed by atoms with Gasteiger partial charge in [0, 0.05) is 0 Å². The third-order valence-corrected chi connectivity index (χ3v) is 3.78. The first-order valence-electron chi connectivity index (χ1n) is 6.98. The molecule has 0 heterocycles. The summed E-state index contributed by atoms with van der Waals surface area (Å²) in [7, 11) is 0. The van der Waals surface area contributed by atoms with Crippen molar-refractivity contribution in [2.45, 2.75) is 51.0 Å². The van der Waals surface area contributed by atoms with Crippen LogP contribution in [-0.2, 0) is 0 Å². The minimum absolute atomic E-state index is 0.258. The van der Waals surface area contributed by atoms with Gasteiger partial charge in [-0.25, -0.2) is 0 Å². The number of alkyl halides is 3. The Balaban J connectivity index is 1.91. The van der Waals surface area contributed by atoms with Crippen molar-refractivity contribution >= 4 is 0 Å². The maximum absolute atomic E-state index is 12.0. The van der Waals surface area contributed by atoms with E-state index in [1.54, 1.807) is 0 Å². The lowest BCUT2D eigenvalue weighted by molar-refractivity contribution is -0.274. The summed E-state index contributed by atoms with van der Waals surface area (Å²) in [5.74, 6) is 0.260. The van der Waals surface area contributed by atoms with E-state index in [0.29, 0.717) is 17.9 Å². The summed E-state index contributed by atoms with van der Waals surface area (Å²) in [6.45, 7) is 0. The van der Waals surface area contributed by atoms with Crippen molar-refractivity contribution < 1.29 is 23.0 Å². The van der Waals surface area contributed by atoms with E-state index in [2.05, 4.69) is 4.74 Å². The molecule has 5 heteroatoms. The summed E-state index contributed by atoms with van der Waals surface area (Å²) < 4.78 is 39.9. The van der Waals surface area contributed by atoms with E-state index in [9.17, 15) is 18.3 Å². The van der Waals surface area contributed by atoms with E-state index >= 15 is 0 Å². The van der Waals surface area contributed by atoms with Crippen molar-refractivity contribution in [3.05, 3.63) is 29.8 Å². The monoisotopic (exact) mass is 288 g/mol. The average Bonchev–Trinajstić information content (AvgIpc) is 2.39. The highest BCUT2D eigenvalue weighted by Gasteiger charge is 2.31. The van der Waals surface area contributed by atoms with Crippen LogP contribution in [0.4, 0.5) is 13.2 Å². The van der Waals surface area contributed by atoms with Gasteiger partial charge in [-0.3, -0.25) is 0 Å². The number of hydrogen-bond donors (Lipinski definition) is 1. The van der Waals surface area contributed by atoms with Crippen LogP contribution in [0.5, 0.6) is 5.75 Å². The normalized spacial score (nSPS) is 18.8. The topological polar surface area (TPSA) is 29.5 Å². The van der Waals surface area contributed by atoms with E-state index < -0.39 is 12.5 Å². The molecule has 1 aromatic carbocycles. The summed E-state index contributed by atoms with van der Waals surface area (Å²) in [6.07, 6.45) is 1.32. The van der Waals surface area contributed by atoms with Crippen molar-refractivity contribution in [3.63, 3.8) is 0 Å². The molecule has 0 saturated heterocycles. The van der Waals surface area contributed by atoms with Crippen LogP contribution >= 0.6 is 0 Å². The van der Waals surface area contributed by atoms with Crippen LogP contribution < -0.4 is 4.74 Å². The summed E-state index contributed by atoms with van der Waals surface area (Å²) in [5, 5.41) is 10.1. The van der Waals surface area contributed by atoms with Gasteiger partial charge < -0.3 is 9.84 Å². The molecule has 1 fully saturated rings. The first-order chi connectivity index (χ1) is 9.44. The molecule has 2 rings (SSSR count). The number of aliphatic hydroxyl groups excluding tert-OH is 1. The maximum atomic E-state index is 12.0. The van der Waals surface area contributed by atoms with Crippen molar-refractivity contribution in [1.29, 1.82) is 0 Å². The number of hydrogen-bond acceptors (Lipinski definition) is 2. The fourth-order valence-electron chi connectivity index (χ4n) is 2.77. The van der Waals surface area contributed by atoms with E-state index in [0.717, 1.165) is 12.8 Å². The molecular weight excluding hydrogens is 269 g/mol. The molecule has 1 aromatic rings. The lowest BCUT2D eigenvalue weighted by Gasteiger charge is -2.24. The standard InChI is InChI=1S/C15H19F3O2/c16-15(17,18)20-13-8-6-12(7-9-13)14(19)10-11-4-2-1-3-5-11/h6-9,11,14,19H,1-5,10H2. The molecule has 2 nitrogen and oxygen atoms in total. The quantitative estimate of drug-likeness (QED) is 0.878. The molecule has 0 radical (unpaired) electrons. The Labute approximate surface area is 116 Å². The lowest BCUT2D eigenvalue weighted by Crippen LogP contribution is -2.17. The molecule has 1 atom stereocenters. The minimum Gasteiger partial charge on any atom is -0.406 e. The van der Waals surface area contributed by atoms with Crippen LogP contribution in [0.3, 0.4) is 0 Å². The van der Waals surface area contributed by atoms with Crippen LogP contribution in [0.25, 0.3) is 0 Å². The number of rotatable bonds is 4. The van der Waals surface area contributed by atoms with Gasteiger partial charge in [-0.05, 0) is 30.0 Å². The first-order valence-corrected chi connectivity index (χ1v) is 6.98. The molecule has 0 spiro atoms. The van der Waals surface area contributed by atoms with Crippen LogP contribution in [0.15, 0.2) is 24.3 Å². The second kappa shape index (κ2) is 6.48. The number of aliphatic hydroxyl groups is 1. The van der Waals surface area contributed by atoms with E-state index in [4.69, 9.17) is 0 Å². The molecule has 1 N–H and O–H groups in total. The summed E-state index contributed by atoms with van der Waals surface area (Å²) in [5.41, 5.74) is 0.644. The molecule has 0 aromatic heterocycles. The second-order valence-electron chi connectivity index (χ2n) is 5.37. The third-order valence-electron chi connectivity index (χ3n) is 3.78. The summed E-state index contributed by atoms with van der Waals surface area (Å²) >= 11 is 0. The Hall–Kier alpha value is -1.23. The van der Waals surface area contributed by atoms with Crippen LogP contribution in [-0.4, -0.2) is 11.5 Å². The van der Waals surface area contributed by atoms with Crippen LogP contribution in [0, 0.1) is 5.92 Å². The Morgan fingerprint density at radius 1 is 1.10 bits per heavy atom. The number of benzene rings is 1. The van der Waals surface area contributed by atoms with E-state index in [-0.39, 0.29) is 5.75 Å². The smallest absolute Gasteiger partial charge is 0.406 e. The third kappa shape index (κ3) is 4.71. The first kappa shape index (κ1) is 15.2. The van der Waals surface area contributed by atoms with Crippen molar-refractivity contribution in [1.82, 2.24) is 0 Å². The SMILES string of the molecule is OC(CC1CCCCC1)c1ccc(OC(F)(F)F)cc1. The molecule has 20 heavy (non-hydrogen) atoms. The van der Waals surface area contributed by atoms with Crippen LogP contribution in [0.1, 0.15) is 50.2 Å². The second-order valence-corrected chi connectivity index (χ2v) is 5.37. The highest BCUT2D eigenvalue weighted by molar-refractivity contribution is 5.28. The van der Waals surface area contributed by atoms with Gasteiger partial charge in [0.2, 0.25) is 0 Å². The summed E-state index contributed by atoms with van der Waals surface area (Å²) in [6, 6.07) is 5.48. The van der Waals surface area contributed by atoms with Gasteiger partial charge in [-0.1, -0.05) is 44.2 Å². The molecule has 0 bridgehead atoms. The predicted molar refractivity (Wildman–Crippen MR) is 69.3 cm³/mol. The van der Waals surface area contributed by atoms with Gasteiger partial charge in [0.05, 0.1) is 6.10 Å². The molecule has 1 unspecified atom stereocenters. The molecule has 0 aliphatic heterocycles. The van der Waals surface area contributed by atoms with Gasteiger partial charge in [0.25, 0.3) is 0 Å². The molecule has 1 aliphatic rings. The highest BCUT2D eigenvalue weighted by atomic mass is 19.4. The summed E-state index contributed by atoms with van der Waals surface area (Å²) in [4.78, 5) is 0. The molecule has 112 valence electrons. The number of ether oxygens (including phenoxy) is 1. The van der Waals surface area contributed by atoms with E-state index in [1.807, 2.05) is 0 Å². The van der Waals surface area contributed by atoms with Gasteiger partial charge in [0.15, 0.2) is 0 Å². The molecule has 0 amide bonds. The fourth-order valence-corrected chi connectivity index (χ4v) is 2.77. The van der Waals surface area contributed by atoms with Gasteiger partial charge in [-0.15, -0.1) is 13.2 Å². The minimum atomic E-state index is -4.68. The largest absolute Gasteiger partial charge is 0.573 e. The number of halogens is 3. The highest BCUT2D eigenvalue weighted by Crippen LogP contribution is 2.32. The Kier molecular flexibility index (Phi) is 4.91. The van der Waals surface area contributed by atoms with Crippen molar-refractivity contribution in [3.8, 4) is 5.75 Å². The van der Waals surface area contributed by atoms with Crippen molar-refractivity contribution in [2.75, 3.05) is 0 Å². The predicted octanol–water partition coefficient (Wildman–Crippen LogP) is 4.59. The zero-order valence-corrected chi connectivity index (χ0v) is 11.2. The lowest BCUT2D eigenvalue weighted by atomic mass is 9.84. The zero-order valence-electron chi connectivity index (χ0n) is 11.2. The maximum Gasteiger partial charge on any atom is 0.573 e. The van der Waals surface area contributed by atoms with Gasteiger partial charge in [-0.2, -0.15) is 0 Å². The van der Waals surface area contributed by atoms with Gasteiger partial charge >= 0.3 is 6.36 Å². The Morgan fingerprint density at radius 3 is 2.25 bits per heavy atom. The van der Waals surface area contributed by atoms with Gasteiger partial charge in [0.1, 0.15) is 5.75 Å². The Bertz CT molecular complexity index is 408. The van der Waals surface area contributed by atoms with Crippen molar-refractivity contribution in [2.24, 2.45) is 5.92 Å². The zero-order chi connectivity index (χ0) is 14.6. The molecule has 1 aliphatic carbocycles. The molecule has 1 saturated carbocycles. The Morgan fingerprint density at radius 2 is 1.70 bits per heavy atom. The van der Waals surface area contributed by atoms with E-state index in [1.165, 1.54) is 43.5 Å². The fraction of sp³-hybridized carbons (Fsp3) is 0.600. The molecular formula is C15H19F3O2. The van der Waals surface area contributed by atoms with Crippen LogP contribution in [0.2, 0.25) is 0 Å². The average molecular weight is 288 g/mol.